The molecule has 1 saturated heterocycles. The van der Waals surface area contributed by atoms with Gasteiger partial charge in [-0.15, -0.1) is 0 Å². The molecule has 1 aliphatic heterocycles. The largest absolute Gasteiger partial charge is 0.325 e. The monoisotopic (exact) mass is 405 g/mol. The Labute approximate surface area is 174 Å². The van der Waals surface area contributed by atoms with E-state index >= 15 is 0 Å². The topological polar surface area (TPSA) is 95.6 Å². The van der Waals surface area contributed by atoms with Gasteiger partial charge in [0.1, 0.15) is 12.1 Å². The van der Waals surface area contributed by atoms with Crippen LogP contribution in [-0.2, 0) is 21.5 Å². The molecule has 0 radical (unpaired) electrons. The van der Waals surface area contributed by atoms with E-state index in [1.54, 1.807) is 24.3 Å². The number of hydrogen-bond acceptors (Lipinski definition) is 4. The first-order chi connectivity index (χ1) is 14.4. The Balaban J connectivity index is 1.52. The smallest absolute Gasteiger partial charge is 0.325 e. The molecule has 2 N–H and O–H groups in total. The Kier molecular flexibility index (Phi) is 5.11. The molecule has 0 aromatic heterocycles. The van der Waals surface area contributed by atoms with Crippen LogP contribution < -0.4 is 10.6 Å². The van der Waals surface area contributed by atoms with E-state index in [0.717, 1.165) is 35.3 Å². The summed E-state index contributed by atoms with van der Waals surface area (Å²) in [6.07, 6.45) is 3.12. The molecule has 2 aliphatic rings. The van der Waals surface area contributed by atoms with E-state index in [4.69, 9.17) is 0 Å². The Morgan fingerprint density at radius 1 is 1.07 bits per heavy atom. The summed E-state index contributed by atoms with van der Waals surface area (Å²) in [5, 5.41) is 5.55. The summed E-state index contributed by atoms with van der Waals surface area (Å²) in [4.78, 5) is 50.9. The SMILES string of the molecule is CC(=O)c1ccc(NC(=O)CN2C(=O)NC3(CCCCc4ccccc43)C2=O)cc1. The zero-order chi connectivity index (χ0) is 21.3. The van der Waals surface area contributed by atoms with Crippen LogP contribution in [0, 0.1) is 0 Å². The molecular weight excluding hydrogens is 382 g/mol. The van der Waals surface area contributed by atoms with Crippen LogP contribution in [0.4, 0.5) is 10.5 Å². The van der Waals surface area contributed by atoms with Crippen LogP contribution in [-0.4, -0.2) is 35.1 Å². The van der Waals surface area contributed by atoms with Gasteiger partial charge < -0.3 is 10.6 Å². The zero-order valence-electron chi connectivity index (χ0n) is 16.7. The first-order valence-electron chi connectivity index (χ1n) is 10.0. The molecule has 1 atom stereocenters. The fraction of sp³-hybridized carbons (Fsp3) is 0.304. The van der Waals surface area contributed by atoms with Gasteiger partial charge in [0.15, 0.2) is 5.78 Å². The number of rotatable bonds is 4. The number of carbonyl (C=O) groups excluding carboxylic acids is 4. The van der Waals surface area contributed by atoms with Gasteiger partial charge >= 0.3 is 6.03 Å². The summed E-state index contributed by atoms with van der Waals surface area (Å²) < 4.78 is 0. The lowest BCUT2D eigenvalue weighted by atomic mass is 9.84. The first kappa shape index (κ1) is 19.8. The van der Waals surface area contributed by atoms with Gasteiger partial charge in [0.2, 0.25) is 5.91 Å². The molecule has 0 saturated carbocycles. The molecule has 2 aromatic rings. The Bertz CT molecular complexity index is 1030. The van der Waals surface area contributed by atoms with Crippen LogP contribution in [0.3, 0.4) is 0 Å². The van der Waals surface area contributed by atoms with Gasteiger partial charge in [-0.25, -0.2) is 4.79 Å². The van der Waals surface area contributed by atoms with Gasteiger partial charge in [0.25, 0.3) is 5.91 Å². The maximum atomic E-state index is 13.3. The number of hydrogen-bond donors (Lipinski definition) is 2. The summed E-state index contributed by atoms with van der Waals surface area (Å²) >= 11 is 0. The number of amides is 4. The number of carbonyl (C=O) groups is 4. The van der Waals surface area contributed by atoms with E-state index in [1.807, 2.05) is 24.3 Å². The van der Waals surface area contributed by atoms with Crippen molar-refractivity contribution in [3.8, 4) is 0 Å². The average Bonchev–Trinajstić information content (AvgIpc) is 2.87. The predicted molar refractivity (Wildman–Crippen MR) is 111 cm³/mol. The Hall–Kier alpha value is -3.48. The van der Waals surface area contributed by atoms with Crippen LogP contribution in [0.1, 0.15) is 47.7 Å². The number of aryl methyl sites for hydroxylation is 1. The third kappa shape index (κ3) is 3.47. The van der Waals surface area contributed by atoms with Gasteiger partial charge in [-0.05, 0) is 68.0 Å². The molecule has 30 heavy (non-hydrogen) atoms. The van der Waals surface area contributed by atoms with Crippen molar-refractivity contribution in [3.63, 3.8) is 0 Å². The summed E-state index contributed by atoms with van der Waals surface area (Å²) in [5.41, 5.74) is 1.81. The third-order valence-corrected chi connectivity index (χ3v) is 5.78. The third-order valence-electron chi connectivity index (χ3n) is 5.78. The Morgan fingerprint density at radius 3 is 2.53 bits per heavy atom. The molecule has 1 fully saturated rings. The number of Topliss-reactive ketones (excluding diaryl/α,β-unsaturated/α-hetero) is 1. The highest BCUT2D eigenvalue weighted by Gasteiger charge is 2.53. The second-order valence-corrected chi connectivity index (χ2v) is 7.77. The van der Waals surface area contributed by atoms with Crippen molar-refractivity contribution >= 4 is 29.3 Å². The quantitative estimate of drug-likeness (QED) is 0.604. The summed E-state index contributed by atoms with van der Waals surface area (Å²) in [5.74, 6) is -0.932. The molecule has 2 aromatic carbocycles. The van der Waals surface area contributed by atoms with Crippen molar-refractivity contribution in [2.75, 3.05) is 11.9 Å². The maximum absolute atomic E-state index is 13.3. The number of ketones is 1. The predicted octanol–water partition coefficient (Wildman–Crippen LogP) is 3.00. The second kappa shape index (κ2) is 7.74. The molecule has 1 heterocycles. The summed E-state index contributed by atoms with van der Waals surface area (Å²) in [6, 6.07) is 13.6. The lowest BCUT2D eigenvalue weighted by Gasteiger charge is -2.27. The van der Waals surface area contributed by atoms with Gasteiger partial charge in [-0.3, -0.25) is 19.3 Å². The normalized spacial score (nSPS) is 20.5. The molecule has 154 valence electrons. The lowest BCUT2D eigenvalue weighted by molar-refractivity contribution is -0.134. The highest BCUT2D eigenvalue weighted by Crippen LogP contribution is 2.38. The van der Waals surface area contributed by atoms with Crippen molar-refractivity contribution < 1.29 is 19.2 Å². The molecule has 4 rings (SSSR count). The number of imide groups is 1. The minimum absolute atomic E-state index is 0.0683. The number of urea groups is 1. The van der Waals surface area contributed by atoms with Crippen LogP contribution in [0.25, 0.3) is 0 Å². The highest BCUT2D eigenvalue weighted by atomic mass is 16.2. The summed E-state index contributed by atoms with van der Waals surface area (Å²) in [7, 11) is 0. The molecule has 1 spiro atoms. The molecule has 7 heteroatoms. The van der Waals surface area contributed by atoms with Gasteiger partial charge in [0, 0.05) is 11.3 Å². The molecule has 0 bridgehead atoms. The first-order valence-corrected chi connectivity index (χ1v) is 10.0. The van der Waals surface area contributed by atoms with Crippen molar-refractivity contribution in [3.05, 3.63) is 65.2 Å². The van der Waals surface area contributed by atoms with Crippen LogP contribution >= 0.6 is 0 Å². The van der Waals surface area contributed by atoms with Crippen LogP contribution in [0.2, 0.25) is 0 Å². The van der Waals surface area contributed by atoms with Gasteiger partial charge in [0.05, 0.1) is 0 Å². The number of nitrogens with zero attached hydrogens (tertiary/aromatic N) is 1. The van der Waals surface area contributed by atoms with E-state index in [9.17, 15) is 19.2 Å². The number of anilines is 1. The lowest BCUT2D eigenvalue weighted by Crippen LogP contribution is -2.44. The average molecular weight is 405 g/mol. The molecule has 1 aliphatic carbocycles. The van der Waals surface area contributed by atoms with Gasteiger partial charge in [-0.2, -0.15) is 0 Å². The number of nitrogens with one attached hydrogen (secondary N) is 2. The highest BCUT2D eigenvalue weighted by molar-refractivity contribution is 6.10. The molecular formula is C23H23N3O4. The van der Waals surface area contributed by atoms with Crippen molar-refractivity contribution in [1.82, 2.24) is 10.2 Å². The zero-order valence-corrected chi connectivity index (χ0v) is 16.7. The Morgan fingerprint density at radius 2 is 1.80 bits per heavy atom. The fourth-order valence-corrected chi connectivity index (χ4v) is 4.25. The van der Waals surface area contributed by atoms with Crippen molar-refractivity contribution in [2.45, 2.75) is 38.1 Å². The minimum atomic E-state index is -1.10. The molecule has 1 unspecified atom stereocenters. The number of fused-ring (bicyclic) bond motifs is 2. The van der Waals surface area contributed by atoms with Crippen LogP contribution in [0.5, 0.6) is 0 Å². The van der Waals surface area contributed by atoms with Crippen molar-refractivity contribution in [2.24, 2.45) is 0 Å². The standard InChI is InChI=1S/C23H23N3O4/c1-15(27)16-9-11-18(12-10-16)24-20(28)14-26-21(29)23(25-22(26)30)13-5-4-7-17-6-2-3-8-19(17)23/h2-3,6,8-12H,4-5,7,13-14H2,1H3,(H,24,28)(H,25,30). The van der Waals surface area contributed by atoms with E-state index in [0.29, 0.717) is 17.7 Å². The second-order valence-electron chi connectivity index (χ2n) is 7.77. The van der Waals surface area contributed by atoms with E-state index in [-0.39, 0.29) is 18.2 Å². The van der Waals surface area contributed by atoms with Gasteiger partial charge in [-0.1, -0.05) is 24.3 Å². The maximum Gasteiger partial charge on any atom is 0.325 e. The molecule has 4 amide bonds. The number of benzene rings is 2. The fourth-order valence-electron chi connectivity index (χ4n) is 4.25. The minimum Gasteiger partial charge on any atom is -0.325 e. The van der Waals surface area contributed by atoms with E-state index in [2.05, 4.69) is 10.6 Å². The van der Waals surface area contributed by atoms with E-state index in [1.165, 1.54) is 6.92 Å². The van der Waals surface area contributed by atoms with E-state index < -0.39 is 17.5 Å². The summed E-state index contributed by atoms with van der Waals surface area (Å²) in [6.45, 7) is 1.09. The molecule has 7 nitrogen and oxygen atoms in total. The van der Waals surface area contributed by atoms with Crippen LogP contribution in [0.15, 0.2) is 48.5 Å². The van der Waals surface area contributed by atoms with Crippen molar-refractivity contribution in [1.29, 1.82) is 0 Å².